The van der Waals surface area contributed by atoms with Gasteiger partial charge in [-0.25, -0.2) is 4.39 Å². The van der Waals surface area contributed by atoms with E-state index in [9.17, 15) is 4.39 Å². The van der Waals surface area contributed by atoms with Crippen LogP contribution in [-0.4, -0.2) is 12.6 Å². The molecule has 0 aromatic heterocycles. The predicted octanol–water partition coefficient (Wildman–Crippen LogP) is 3.68. The predicted molar refractivity (Wildman–Crippen MR) is 83.1 cm³/mol. The van der Waals surface area contributed by atoms with Gasteiger partial charge in [-0.1, -0.05) is 43.3 Å². The largest absolute Gasteiger partial charge is 0.815 e. The summed E-state index contributed by atoms with van der Waals surface area (Å²) in [6.45, 7) is -1.59. The standard InChI is InChI=1S/C17H15BF2O2/c1-2-14-12-17(13-8-4-3-5-9-13)22-18(20,21-14)15-10-6-7-11-16(15)19/h3-12H,2H2,1H3. The van der Waals surface area contributed by atoms with Gasteiger partial charge in [-0.05, 0) is 24.6 Å². The lowest BCUT2D eigenvalue weighted by Gasteiger charge is -2.26. The van der Waals surface area contributed by atoms with Crippen LogP contribution in [0.15, 0.2) is 66.4 Å². The molecule has 2 nitrogen and oxygen atoms in total. The molecule has 0 spiro atoms. The molecule has 0 amide bonds. The molecule has 1 atom stereocenters. The van der Waals surface area contributed by atoms with Crippen LogP contribution in [-0.2, 0) is 4.65 Å². The molecule has 0 radical (unpaired) electrons. The van der Waals surface area contributed by atoms with Crippen LogP contribution < -0.4 is 5.46 Å². The Morgan fingerprint density at radius 1 is 1.05 bits per heavy atom. The van der Waals surface area contributed by atoms with Crippen molar-refractivity contribution in [1.29, 1.82) is 0 Å². The zero-order valence-corrected chi connectivity index (χ0v) is 12.1. The number of carbonyl (C=O) groups excluding carboxylic acids is 1. The van der Waals surface area contributed by atoms with E-state index in [1.54, 1.807) is 12.1 Å². The zero-order chi connectivity index (χ0) is 15.6. The number of halogens is 2. The summed E-state index contributed by atoms with van der Waals surface area (Å²) in [5, 5.41) is 0. The lowest BCUT2D eigenvalue weighted by molar-refractivity contribution is -0.158. The smallest absolute Gasteiger partial charge is 0.602 e. The Morgan fingerprint density at radius 3 is 2.41 bits per heavy atom. The second-order valence-corrected chi connectivity index (χ2v) is 5.07. The molecule has 2 aromatic rings. The van der Waals surface area contributed by atoms with Crippen LogP contribution >= 0.6 is 0 Å². The van der Waals surface area contributed by atoms with Gasteiger partial charge >= 0.3 is 6.83 Å². The topological polar surface area (TPSA) is 20.5 Å². The van der Waals surface area contributed by atoms with Crippen molar-refractivity contribution in [2.24, 2.45) is 0 Å². The molecule has 2 aromatic carbocycles. The fraction of sp³-hybridized carbons (Fsp3) is 0.118. The molecule has 1 unspecified atom stereocenters. The van der Waals surface area contributed by atoms with Gasteiger partial charge in [-0.3, -0.25) is 0 Å². The number of allylic oxidation sites excluding steroid dienone is 2. The lowest BCUT2D eigenvalue weighted by Crippen LogP contribution is -2.49. The third-order valence-electron chi connectivity index (χ3n) is 3.56. The molecule has 0 N–H and O–H groups in total. The van der Waals surface area contributed by atoms with Gasteiger partial charge in [0.25, 0.3) is 5.78 Å². The van der Waals surface area contributed by atoms with E-state index in [1.165, 1.54) is 18.2 Å². The zero-order valence-electron chi connectivity index (χ0n) is 12.1. The Hall–Kier alpha value is -2.43. The van der Waals surface area contributed by atoms with Crippen molar-refractivity contribution >= 4 is 18.1 Å². The maximum Gasteiger partial charge on any atom is 0.815 e. The number of rotatable bonds is 3. The molecule has 0 saturated heterocycles. The summed E-state index contributed by atoms with van der Waals surface area (Å²) in [5.74, 6) is 0.0834. The van der Waals surface area contributed by atoms with Gasteiger partial charge < -0.3 is 13.3 Å². The quantitative estimate of drug-likeness (QED) is 0.625. The van der Waals surface area contributed by atoms with Crippen LogP contribution in [0.25, 0.3) is 0 Å². The van der Waals surface area contributed by atoms with E-state index in [0.29, 0.717) is 18.0 Å². The minimum atomic E-state index is -3.43. The average molecular weight is 300 g/mol. The summed E-state index contributed by atoms with van der Waals surface area (Å²) in [5.41, 5.74) is 0.506. The molecule has 1 aliphatic rings. The summed E-state index contributed by atoms with van der Waals surface area (Å²) >= 11 is 0. The van der Waals surface area contributed by atoms with Crippen LogP contribution in [0.5, 0.6) is 0 Å². The molecular formula is C17H15BF2O2. The highest BCUT2D eigenvalue weighted by Gasteiger charge is 2.53. The first-order valence-electron chi connectivity index (χ1n) is 7.20. The maximum atomic E-state index is 15.3. The van der Waals surface area contributed by atoms with Crippen LogP contribution in [0.2, 0.25) is 0 Å². The summed E-state index contributed by atoms with van der Waals surface area (Å²) in [6, 6.07) is 14.7. The van der Waals surface area contributed by atoms with Gasteiger partial charge in [0, 0.05) is 5.46 Å². The molecule has 1 heterocycles. The molecule has 0 saturated carbocycles. The minimum absolute atomic E-state index is 0.213. The average Bonchev–Trinajstić information content (AvgIpc) is 2.55. The normalized spacial score (nSPS) is 20.9. The fourth-order valence-corrected chi connectivity index (χ4v) is 2.42. The van der Waals surface area contributed by atoms with E-state index in [4.69, 9.17) is 9.00 Å². The van der Waals surface area contributed by atoms with Crippen molar-refractivity contribution in [3.8, 4) is 0 Å². The molecule has 22 heavy (non-hydrogen) atoms. The highest BCUT2D eigenvalue weighted by Crippen LogP contribution is 2.24. The van der Waals surface area contributed by atoms with Crippen LogP contribution in [0.4, 0.5) is 8.71 Å². The Kier molecular flexibility index (Phi) is 3.80. The molecule has 3 rings (SSSR count). The van der Waals surface area contributed by atoms with Gasteiger partial charge in [0.1, 0.15) is 5.82 Å². The number of hydrogen-bond donors (Lipinski definition) is 0. The number of benzene rings is 2. The molecular weight excluding hydrogens is 285 g/mol. The molecule has 112 valence electrons. The van der Waals surface area contributed by atoms with Crippen molar-refractivity contribution < 1.29 is 17.7 Å². The second-order valence-electron chi connectivity index (χ2n) is 5.07. The molecule has 0 bridgehead atoms. The monoisotopic (exact) mass is 300 g/mol. The SMILES string of the molecule is CCC1=CC(c2ccccc2)=[O+][B-](F)(c2ccccc2F)O1. The highest BCUT2D eigenvalue weighted by atomic mass is 19.1. The van der Waals surface area contributed by atoms with Crippen LogP contribution in [0, 0.1) is 5.82 Å². The van der Waals surface area contributed by atoms with E-state index in [2.05, 4.69) is 0 Å². The van der Waals surface area contributed by atoms with Crippen molar-refractivity contribution in [3.63, 3.8) is 0 Å². The summed E-state index contributed by atoms with van der Waals surface area (Å²) in [7, 11) is 0. The maximum absolute atomic E-state index is 15.3. The van der Waals surface area contributed by atoms with Crippen molar-refractivity contribution in [3.05, 3.63) is 77.8 Å². The highest BCUT2D eigenvalue weighted by molar-refractivity contribution is 6.73. The Balaban J connectivity index is 2.12. The van der Waals surface area contributed by atoms with Gasteiger partial charge in [0.15, 0.2) is 0 Å². The molecule has 0 fully saturated rings. The first-order chi connectivity index (χ1) is 10.6. The van der Waals surface area contributed by atoms with E-state index < -0.39 is 12.6 Å². The summed E-state index contributed by atoms with van der Waals surface area (Å²) in [4.78, 5) is 0. The van der Waals surface area contributed by atoms with Gasteiger partial charge in [0.05, 0.1) is 17.4 Å². The summed E-state index contributed by atoms with van der Waals surface area (Å²) in [6.07, 6.45) is 2.14. The van der Waals surface area contributed by atoms with Crippen molar-refractivity contribution in [2.45, 2.75) is 13.3 Å². The number of hydrogen-bond acceptors (Lipinski definition) is 1. The lowest BCUT2D eigenvalue weighted by atomic mass is 9.71. The van der Waals surface area contributed by atoms with Crippen LogP contribution in [0.1, 0.15) is 23.3 Å². The Bertz CT molecular complexity index is 743. The third-order valence-corrected chi connectivity index (χ3v) is 3.56. The first kappa shape index (κ1) is 14.5. The van der Waals surface area contributed by atoms with Gasteiger partial charge in [0.2, 0.25) is 0 Å². The van der Waals surface area contributed by atoms with Gasteiger partial charge in [-0.15, -0.1) is 0 Å². The third kappa shape index (κ3) is 2.66. The van der Waals surface area contributed by atoms with E-state index in [0.717, 1.165) is 5.56 Å². The Morgan fingerprint density at radius 2 is 1.73 bits per heavy atom. The second kappa shape index (κ2) is 5.75. The van der Waals surface area contributed by atoms with E-state index in [1.807, 2.05) is 37.3 Å². The molecule has 5 heteroatoms. The Labute approximate surface area is 127 Å². The summed E-state index contributed by atoms with van der Waals surface area (Å²) < 4.78 is 40.0. The van der Waals surface area contributed by atoms with Crippen molar-refractivity contribution in [1.82, 2.24) is 0 Å². The molecule has 1 aliphatic heterocycles. The molecule has 0 aliphatic carbocycles. The van der Waals surface area contributed by atoms with Crippen molar-refractivity contribution in [2.75, 3.05) is 0 Å². The van der Waals surface area contributed by atoms with Crippen LogP contribution in [0.3, 0.4) is 0 Å². The van der Waals surface area contributed by atoms with E-state index in [-0.39, 0.29) is 5.46 Å². The first-order valence-corrected chi connectivity index (χ1v) is 7.20. The minimum Gasteiger partial charge on any atom is -0.602 e. The van der Waals surface area contributed by atoms with E-state index >= 15 is 4.32 Å². The van der Waals surface area contributed by atoms with Gasteiger partial charge in [-0.2, -0.15) is 0 Å². The fourth-order valence-electron chi connectivity index (χ4n) is 2.42. The number of ketones is 1.